The molecule has 0 fully saturated rings. The lowest BCUT2D eigenvalue weighted by molar-refractivity contribution is -0.115. The second-order valence-corrected chi connectivity index (χ2v) is 9.34. The molecule has 176 valence electrons. The number of nitrogens with zero attached hydrogens (tertiary/aromatic N) is 2. The van der Waals surface area contributed by atoms with E-state index in [0.29, 0.717) is 21.4 Å². The minimum Gasteiger partial charge on any atom is -0.351 e. The van der Waals surface area contributed by atoms with Crippen molar-refractivity contribution in [2.24, 2.45) is 0 Å². The first-order chi connectivity index (χ1) is 16.5. The molecule has 0 atom stereocenters. The third kappa shape index (κ3) is 6.55. The third-order valence-corrected chi connectivity index (χ3v) is 6.67. The highest BCUT2D eigenvalue weighted by Crippen LogP contribution is 2.07. The van der Waals surface area contributed by atoms with Crippen molar-refractivity contribution in [1.29, 1.82) is 5.26 Å². The number of carbonyl (C=O) groups is 1. The molecule has 6 heteroatoms. The SMILES string of the molecule is CCCCCCCCNC(=O)/C(C#N)=c1\s/c(=C\c2ccc(C)cc2)c(=O)n1-c1ccccc1. The van der Waals surface area contributed by atoms with Crippen LogP contribution in [0, 0.1) is 18.3 Å². The Bertz CT molecular complexity index is 1310. The molecule has 1 heterocycles. The Morgan fingerprint density at radius 2 is 1.71 bits per heavy atom. The number of nitriles is 1. The number of amides is 1. The van der Waals surface area contributed by atoms with Gasteiger partial charge in [-0.25, -0.2) is 0 Å². The summed E-state index contributed by atoms with van der Waals surface area (Å²) in [5.41, 5.74) is 2.36. The molecule has 2 aromatic carbocycles. The average Bonchev–Trinajstić information content (AvgIpc) is 3.16. The van der Waals surface area contributed by atoms with Gasteiger partial charge in [0.05, 0.1) is 10.2 Å². The van der Waals surface area contributed by atoms with Crippen LogP contribution in [0.3, 0.4) is 0 Å². The highest BCUT2D eigenvalue weighted by molar-refractivity contribution is 7.07. The van der Waals surface area contributed by atoms with Crippen molar-refractivity contribution in [1.82, 2.24) is 9.88 Å². The molecule has 0 unspecified atom stereocenters. The maximum absolute atomic E-state index is 13.4. The van der Waals surface area contributed by atoms with Gasteiger partial charge >= 0.3 is 0 Å². The number of hydrogen-bond donors (Lipinski definition) is 1. The molecule has 0 bridgehead atoms. The largest absolute Gasteiger partial charge is 0.351 e. The monoisotopic (exact) mass is 473 g/mol. The van der Waals surface area contributed by atoms with Gasteiger partial charge in [-0.15, -0.1) is 11.3 Å². The van der Waals surface area contributed by atoms with E-state index in [1.165, 1.54) is 35.2 Å². The zero-order chi connectivity index (χ0) is 24.3. The molecular weight excluding hydrogens is 442 g/mol. The van der Waals surface area contributed by atoms with E-state index in [-0.39, 0.29) is 11.1 Å². The van der Waals surface area contributed by atoms with Gasteiger partial charge in [-0.2, -0.15) is 5.26 Å². The van der Waals surface area contributed by atoms with Crippen LogP contribution in [-0.4, -0.2) is 17.0 Å². The molecule has 3 aromatic rings. The Morgan fingerprint density at radius 1 is 1.03 bits per heavy atom. The van der Waals surface area contributed by atoms with Crippen molar-refractivity contribution >= 4 is 28.9 Å². The number of carbonyl (C=O) groups excluding carboxylic acids is 1. The van der Waals surface area contributed by atoms with E-state index in [0.717, 1.165) is 30.4 Å². The highest BCUT2D eigenvalue weighted by Gasteiger charge is 2.16. The molecular formula is C28H31N3O2S. The molecule has 1 aromatic heterocycles. The molecule has 3 rings (SSSR count). The molecule has 0 spiro atoms. The van der Waals surface area contributed by atoms with Crippen molar-refractivity contribution in [2.75, 3.05) is 6.54 Å². The molecule has 0 saturated heterocycles. The van der Waals surface area contributed by atoms with Gasteiger partial charge in [-0.05, 0) is 37.1 Å². The van der Waals surface area contributed by atoms with Crippen LogP contribution >= 0.6 is 11.3 Å². The first kappa shape index (κ1) is 25.2. The van der Waals surface area contributed by atoms with E-state index in [1.54, 1.807) is 18.2 Å². The molecule has 34 heavy (non-hydrogen) atoms. The van der Waals surface area contributed by atoms with Gasteiger partial charge < -0.3 is 5.32 Å². The molecule has 5 nitrogen and oxygen atoms in total. The zero-order valence-electron chi connectivity index (χ0n) is 19.8. The molecule has 0 aliphatic rings. The van der Waals surface area contributed by atoms with Crippen molar-refractivity contribution < 1.29 is 4.79 Å². The molecule has 0 aliphatic heterocycles. The Balaban J connectivity index is 1.99. The van der Waals surface area contributed by atoms with Crippen LogP contribution in [0.15, 0.2) is 59.4 Å². The summed E-state index contributed by atoms with van der Waals surface area (Å²) >= 11 is 1.17. The second kappa shape index (κ2) is 12.7. The third-order valence-electron chi connectivity index (χ3n) is 5.58. The van der Waals surface area contributed by atoms with Crippen LogP contribution in [0.1, 0.15) is 56.6 Å². The number of aromatic nitrogens is 1. The van der Waals surface area contributed by atoms with Crippen LogP contribution in [0.2, 0.25) is 0 Å². The lowest BCUT2D eigenvalue weighted by Crippen LogP contribution is -2.34. The van der Waals surface area contributed by atoms with Crippen LogP contribution in [-0.2, 0) is 4.79 Å². The summed E-state index contributed by atoms with van der Waals surface area (Å²) in [5, 5.41) is 12.7. The summed E-state index contributed by atoms with van der Waals surface area (Å²) in [5.74, 6) is -0.441. The molecule has 0 aliphatic carbocycles. The summed E-state index contributed by atoms with van der Waals surface area (Å²) in [7, 11) is 0. The highest BCUT2D eigenvalue weighted by atomic mass is 32.1. The van der Waals surface area contributed by atoms with Crippen LogP contribution < -0.4 is 20.1 Å². The molecule has 1 amide bonds. The fourth-order valence-electron chi connectivity index (χ4n) is 3.67. The van der Waals surface area contributed by atoms with Crippen molar-refractivity contribution in [2.45, 2.75) is 52.4 Å². The van der Waals surface area contributed by atoms with Crippen molar-refractivity contribution in [3.63, 3.8) is 0 Å². The number of aryl methyl sites for hydroxylation is 1. The zero-order valence-corrected chi connectivity index (χ0v) is 20.7. The summed E-state index contributed by atoms with van der Waals surface area (Å²) in [6, 6.07) is 19.0. The minimum atomic E-state index is -0.441. The Labute approximate surface area is 204 Å². The van der Waals surface area contributed by atoms with E-state index >= 15 is 0 Å². The van der Waals surface area contributed by atoms with E-state index < -0.39 is 5.91 Å². The van der Waals surface area contributed by atoms with Gasteiger partial charge in [-0.1, -0.05) is 87.1 Å². The van der Waals surface area contributed by atoms with Gasteiger partial charge in [0.2, 0.25) is 0 Å². The topological polar surface area (TPSA) is 74.9 Å². The van der Waals surface area contributed by atoms with E-state index in [9.17, 15) is 14.9 Å². The van der Waals surface area contributed by atoms with Gasteiger partial charge in [0, 0.05) is 6.54 Å². The maximum Gasteiger partial charge on any atom is 0.273 e. The van der Waals surface area contributed by atoms with E-state index in [2.05, 4.69) is 18.3 Å². The standard InChI is InChI=1S/C28H31N3O2S/c1-3-4-5-6-7-11-18-30-26(32)24(20-29)28-31(23-12-9-8-10-13-23)27(33)25(34-28)19-22-16-14-21(2)15-17-22/h8-10,12-17,19H,3-7,11,18H2,1-2H3,(H,30,32)/b25-19-,28-24-. The number of thiazole rings is 1. The number of para-hydroxylation sites is 1. The fraction of sp³-hybridized carbons (Fsp3) is 0.321. The van der Waals surface area contributed by atoms with Crippen LogP contribution in [0.25, 0.3) is 17.3 Å². The molecule has 1 N–H and O–H groups in total. The number of unbranched alkanes of at least 4 members (excludes halogenated alkanes) is 5. The molecule has 0 radical (unpaired) electrons. The Morgan fingerprint density at radius 3 is 2.38 bits per heavy atom. The number of rotatable bonds is 10. The van der Waals surface area contributed by atoms with Crippen molar-refractivity contribution in [3.8, 4) is 11.8 Å². The van der Waals surface area contributed by atoms with Gasteiger partial charge in [-0.3, -0.25) is 14.2 Å². The first-order valence-electron chi connectivity index (χ1n) is 11.8. The van der Waals surface area contributed by atoms with Crippen LogP contribution in [0.4, 0.5) is 0 Å². The minimum absolute atomic E-state index is 0.0412. The average molecular weight is 474 g/mol. The Hall–Kier alpha value is -3.43. The predicted molar refractivity (Wildman–Crippen MR) is 139 cm³/mol. The smallest absolute Gasteiger partial charge is 0.273 e. The summed E-state index contributed by atoms with van der Waals surface area (Å²) in [4.78, 5) is 26.3. The fourth-order valence-corrected chi connectivity index (χ4v) is 4.77. The normalized spacial score (nSPS) is 12.3. The first-order valence-corrected chi connectivity index (χ1v) is 12.6. The number of nitrogens with one attached hydrogen (secondary N) is 1. The molecule has 0 saturated carbocycles. The van der Waals surface area contributed by atoms with Gasteiger partial charge in [0.1, 0.15) is 10.7 Å². The van der Waals surface area contributed by atoms with Gasteiger partial charge in [0.15, 0.2) is 5.57 Å². The Kier molecular flexibility index (Phi) is 9.42. The quantitative estimate of drug-likeness (QED) is 0.449. The predicted octanol–water partition coefficient (Wildman–Crippen LogP) is 4.19. The number of hydrogen-bond acceptors (Lipinski definition) is 4. The second-order valence-electron chi connectivity index (χ2n) is 8.31. The van der Waals surface area contributed by atoms with Crippen LogP contribution in [0.5, 0.6) is 0 Å². The van der Waals surface area contributed by atoms with Crippen molar-refractivity contribution in [3.05, 3.63) is 85.3 Å². The maximum atomic E-state index is 13.4. The summed E-state index contributed by atoms with van der Waals surface area (Å²) < 4.78 is 2.28. The summed E-state index contributed by atoms with van der Waals surface area (Å²) in [6.07, 6.45) is 8.51. The lowest BCUT2D eigenvalue weighted by Gasteiger charge is -2.06. The van der Waals surface area contributed by atoms with E-state index in [1.807, 2.05) is 49.4 Å². The lowest BCUT2D eigenvalue weighted by atomic mass is 10.1. The van der Waals surface area contributed by atoms with Gasteiger partial charge in [0.25, 0.3) is 11.5 Å². The van der Waals surface area contributed by atoms with E-state index in [4.69, 9.17) is 0 Å². The number of benzene rings is 2. The summed E-state index contributed by atoms with van der Waals surface area (Å²) in [6.45, 7) is 4.70.